The van der Waals surface area contributed by atoms with Crippen molar-refractivity contribution >= 4 is 11.6 Å². The van der Waals surface area contributed by atoms with Crippen molar-refractivity contribution in [3.63, 3.8) is 0 Å². The first-order valence-electron chi connectivity index (χ1n) is 5.75. The van der Waals surface area contributed by atoms with Crippen LogP contribution in [0.15, 0.2) is 18.3 Å². The summed E-state index contributed by atoms with van der Waals surface area (Å²) in [6.45, 7) is 1.67. The van der Waals surface area contributed by atoms with Crippen LogP contribution >= 0.6 is 0 Å². The van der Waals surface area contributed by atoms with Gasteiger partial charge in [0.15, 0.2) is 5.65 Å². The predicted octanol–water partition coefficient (Wildman–Crippen LogP) is 0.796. The molecule has 1 atom stereocenters. The molecule has 0 aliphatic carbocycles. The van der Waals surface area contributed by atoms with Crippen molar-refractivity contribution in [2.45, 2.75) is 18.9 Å². The predicted molar refractivity (Wildman–Crippen MR) is 62.4 cm³/mol. The highest BCUT2D eigenvalue weighted by atomic mass is 19.1. The van der Waals surface area contributed by atoms with Crippen LogP contribution in [-0.4, -0.2) is 33.7 Å². The first-order chi connectivity index (χ1) is 8.22. The molecule has 1 aliphatic heterocycles. The van der Waals surface area contributed by atoms with Gasteiger partial charge in [-0.1, -0.05) is 0 Å². The second-order valence-electron chi connectivity index (χ2n) is 4.41. The van der Waals surface area contributed by atoms with Gasteiger partial charge in [0.25, 0.3) is 0 Å². The molecule has 1 saturated heterocycles. The molecule has 0 saturated carbocycles. The normalized spacial score (nSPS) is 21.1. The minimum Gasteiger partial charge on any atom is -0.338 e. The largest absolute Gasteiger partial charge is 0.338 e. The number of fused-ring (bicyclic) bond motifs is 1. The number of anilines is 1. The molecular formula is C11H14FN5. The molecule has 0 aromatic carbocycles. The third kappa shape index (κ3) is 1.95. The van der Waals surface area contributed by atoms with Crippen LogP contribution in [0.25, 0.3) is 5.65 Å². The number of hydrogen-bond acceptors (Lipinski definition) is 4. The van der Waals surface area contributed by atoms with Crippen molar-refractivity contribution in [3.05, 3.63) is 24.1 Å². The Labute approximate surface area is 98.0 Å². The first-order valence-corrected chi connectivity index (χ1v) is 5.75. The standard InChI is InChI=1S/C11H14FN5/c12-8-3-4-10-14-11(15-17(10)6-8)16-5-1-2-9(13)7-16/h3-4,6,9H,1-2,5,7,13H2/t9-/m1/s1. The lowest BCUT2D eigenvalue weighted by Gasteiger charge is -2.29. The van der Waals surface area contributed by atoms with Gasteiger partial charge < -0.3 is 10.6 Å². The summed E-state index contributed by atoms with van der Waals surface area (Å²) in [6, 6.07) is 3.18. The van der Waals surface area contributed by atoms with E-state index in [2.05, 4.69) is 15.0 Å². The van der Waals surface area contributed by atoms with E-state index in [-0.39, 0.29) is 11.9 Å². The third-order valence-corrected chi connectivity index (χ3v) is 3.02. The number of nitrogens with zero attached hydrogens (tertiary/aromatic N) is 4. The molecule has 0 unspecified atom stereocenters. The van der Waals surface area contributed by atoms with Crippen molar-refractivity contribution in [2.24, 2.45) is 5.73 Å². The van der Waals surface area contributed by atoms with Crippen LogP contribution in [0.4, 0.5) is 10.3 Å². The van der Waals surface area contributed by atoms with Gasteiger partial charge in [0.05, 0.1) is 6.20 Å². The fourth-order valence-electron chi connectivity index (χ4n) is 2.17. The summed E-state index contributed by atoms with van der Waals surface area (Å²) in [6.07, 6.45) is 3.42. The minimum atomic E-state index is -0.315. The lowest BCUT2D eigenvalue weighted by atomic mass is 10.1. The molecule has 17 heavy (non-hydrogen) atoms. The van der Waals surface area contributed by atoms with Crippen LogP contribution in [-0.2, 0) is 0 Å². The topological polar surface area (TPSA) is 59.5 Å². The number of rotatable bonds is 1. The lowest BCUT2D eigenvalue weighted by molar-refractivity contribution is 0.499. The van der Waals surface area contributed by atoms with E-state index < -0.39 is 0 Å². The number of hydrogen-bond donors (Lipinski definition) is 1. The maximum Gasteiger partial charge on any atom is 0.245 e. The van der Waals surface area contributed by atoms with Crippen LogP contribution in [0.5, 0.6) is 0 Å². The number of halogens is 1. The summed E-state index contributed by atoms with van der Waals surface area (Å²) in [5.41, 5.74) is 6.57. The smallest absolute Gasteiger partial charge is 0.245 e. The van der Waals surface area contributed by atoms with Crippen molar-refractivity contribution < 1.29 is 4.39 Å². The van der Waals surface area contributed by atoms with E-state index in [1.807, 2.05) is 0 Å². The van der Waals surface area contributed by atoms with Gasteiger partial charge in [-0.05, 0) is 25.0 Å². The molecule has 1 aliphatic rings. The monoisotopic (exact) mass is 235 g/mol. The Bertz CT molecular complexity index is 538. The molecule has 2 aromatic heterocycles. The van der Waals surface area contributed by atoms with E-state index in [0.717, 1.165) is 25.9 Å². The van der Waals surface area contributed by atoms with Crippen LogP contribution in [0.2, 0.25) is 0 Å². The fourth-order valence-corrected chi connectivity index (χ4v) is 2.17. The molecule has 0 radical (unpaired) electrons. The fraction of sp³-hybridized carbons (Fsp3) is 0.455. The Hall–Kier alpha value is -1.69. The Morgan fingerprint density at radius 1 is 1.41 bits per heavy atom. The van der Waals surface area contributed by atoms with Gasteiger partial charge >= 0.3 is 0 Å². The summed E-state index contributed by atoms with van der Waals surface area (Å²) in [5, 5.41) is 4.27. The van der Waals surface area contributed by atoms with Crippen LogP contribution < -0.4 is 10.6 Å². The maximum atomic E-state index is 13.0. The lowest BCUT2D eigenvalue weighted by Crippen LogP contribution is -2.43. The second-order valence-corrected chi connectivity index (χ2v) is 4.41. The third-order valence-electron chi connectivity index (χ3n) is 3.02. The maximum absolute atomic E-state index is 13.0. The molecule has 6 heteroatoms. The Morgan fingerprint density at radius 3 is 3.12 bits per heavy atom. The van der Waals surface area contributed by atoms with Gasteiger partial charge in [0, 0.05) is 19.1 Å². The van der Waals surface area contributed by atoms with Gasteiger partial charge in [0.1, 0.15) is 5.82 Å². The Kier molecular flexibility index (Phi) is 2.44. The summed E-state index contributed by atoms with van der Waals surface area (Å²) >= 11 is 0. The highest BCUT2D eigenvalue weighted by molar-refractivity contribution is 5.44. The second kappa shape index (κ2) is 3.96. The van der Waals surface area contributed by atoms with Crippen LogP contribution in [0.1, 0.15) is 12.8 Å². The summed E-state index contributed by atoms with van der Waals surface area (Å²) in [4.78, 5) is 6.42. The summed E-state index contributed by atoms with van der Waals surface area (Å²) < 4.78 is 14.5. The number of piperidine rings is 1. The van der Waals surface area contributed by atoms with E-state index in [1.165, 1.54) is 16.8 Å². The van der Waals surface area contributed by atoms with Gasteiger partial charge in [-0.15, -0.1) is 5.10 Å². The number of aromatic nitrogens is 3. The van der Waals surface area contributed by atoms with Gasteiger partial charge in [0.2, 0.25) is 5.95 Å². The zero-order chi connectivity index (χ0) is 11.8. The van der Waals surface area contributed by atoms with E-state index in [0.29, 0.717) is 11.6 Å². The molecule has 0 bridgehead atoms. The summed E-state index contributed by atoms with van der Waals surface area (Å²) in [5.74, 6) is 0.315. The molecule has 5 nitrogen and oxygen atoms in total. The average Bonchev–Trinajstić information content (AvgIpc) is 2.72. The van der Waals surface area contributed by atoms with Gasteiger partial charge in [-0.25, -0.2) is 8.91 Å². The van der Waals surface area contributed by atoms with E-state index in [4.69, 9.17) is 5.73 Å². The molecule has 0 amide bonds. The highest BCUT2D eigenvalue weighted by Gasteiger charge is 2.20. The van der Waals surface area contributed by atoms with E-state index in [1.54, 1.807) is 6.07 Å². The number of pyridine rings is 1. The Balaban J connectivity index is 1.94. The SMILES string of the molecule is N[C@@H]1CCCN(c2nc3ccc(F)cn3n2)C1. The quantitative estimate of drug-likeness (QED) is 0.794. The first kappa shape index (κ1) is 10.5. The average molecular weight is 235 g/mol. The molecule has 1 fully saturated rings. The molecule has 2 N–H and O–H groups in total. The zero-order valence-corrected chi connectivity index (χ0v) is 9.38. The van der Waals surface area contributed by atoms with Gasteiger partial charge in [-0.2, -0.15) is 4.98 Å². The molecule has 90 valence electrons. The molecule has 3 heterocycles. The van der Waals surface area contributed by atoms with Crippen molar-refractivity contribution in [2.75, 3.05) is 18.0 Å². The Morgan fingerprint density at radius 2 is 2.29 bits per heavy atom. The van der Waals surface area contributed by atoms with Gasteiger partial charge in [-0.3, -0.25) is 0 Å². The van der Waals surface area contributed by atoms with E-state index in [9.17, 15) is 4.39 Å². The van der Waals surface area contributed by atoms with E-state index >= 15 is 0 Å². The van der Waals surface area contributed by atoms with Crippen LogP contribution in [0.3, 0.4) is 0 Å². The zero-order valence-electron chi connectivity index (χ0n) is 9.38. The van der Waals surface area contributed by atoms with Crippen molar-refractivity contribution in [1.82, 2.24) is 14.6 Å². The molecule has 2 aromatic rings. The molecule has 3 rings (SSSR count). The summed E-state index contributed by atoms with van der Waals surface area (Å²) in [7, 11) is 0. The molecule has 0 spiro atoms. The minimum absolute atomic E-state index is 0.173. The van der Waals surface area contributed by atoms with Crippen LogP contribution in [0, 0.1) is 5.82 Å². The van der Waals surface area contributed by atoms with Crippen molar-refractivity contribution in [3.8, 4) is 0 Å². The molecular weight excluding hydrogens is 221 g/mol. The highest BCUT2D eigenvalue weighted by Crippen LogP contribution is 2.16. The van der Waals surface area contributed by atoms with Crippen molar-refractivity contribution in [1.29, 1.82) is 0 Å². The number of nitrogens with two attached hydrogens (primary N) is 1.